The Morgan fingerprint density at radius 1 is 1.56 bits per heavy atom. The molecule has 1 heterocycles. The van der Waals surface area contributed by atoms with Gasteiger partial charge in [0.15, 0.2) is 0 Å². The number of thiophene rings is 1. The number of rotatable bonds is 5. The molecule has 0 fully saturated rings. The quantitative estimate of drug-likeness (QED) is 0.732. The predicted octanol–water partition coefficient (Wildman–Crippen LogP) is 0.423. The Labute approximate surface area is 103 Å². The van der Waals surface area contributed by atoms with E-state index >= 15 is 0 Å². The van der Waals surface area contributed by atoms with Crippen molar-refractivity contribution in [3.05, 3.63) is 16.5 Å². The maximum Gasteiger partial charge on any atom is 0.250 e. The van der Waals surface area contributed by atoms with Crippen molar-refractivity contribution < 1.29 is 18.6 Å². The Bertz CT molecular complexity index is 454. The number of halogens is 1. The molecule has 92 valence electrons. The number of aliphatic hydroxyl groups is 2. The first kappa shape index (κ1) is 13.9. The summed E-state index contributed by atoms with van der Waals surface area (Å²) in [6.45, 7) is 0.541. The van der Waals surface area contributed by atoms with Crippen LogP contribution in [-0.2, 0) is 10.0 Å². The maximum atomic E-state index is 11.7. The molecule has 8 heteroatoms. The van der Waals surface area contributed by atoms with Crippen LogP contribution in [0.1, 0.15) is 6.92 Å². The minimum atomic E-state index is -3.67. The topological polar surface area (TPSA) is 86.6 Å². The number of nitrogens with one attached hydrogen (secondary N) is 1. The summed E-state index contributed by atoms with van der Waals surface area (Å²) in [5, 5.41) is 18.2. The van der Waals surface area contributed by atoms with Crippen molar-refractivity contribution in [3.63, 3.8) is 0 Å². The van der Waals surface area contributed by atoms with E-state index in [9.17, 15) is 13.5 Å². The maximum absolute atomic E-state index is 11.7. The summed E-state index contributed by atoms with van der Waals surface area (Å²) in [4.78, 5) is 0. The standard InChI is InChI=1S/C8H12ClNO4S2/c1-8(12,5-11)4-10-16(13,14)7-3-2-6(9)15-7/h2-3,10-12H,4-5H2,1H3. The normalized spacial score (nSPS) is 16.0. The first-order chi connectivity index (χ1) is 7.27. The summed E-state index contributed by atoms with van der Waals surface area (Å²) < 4.78 is 26.0. The van der Waals surface area contributed by atoms with Crippen LogP contribution in [0, 0.1) is 0 Å². The number of aliphatic hydroxyl groups excluding tert-OH is 1. The van der Waals surface area contributed by atoms with Gasteiger partial charge in [0, 0.05) is 6.54 Å². The molecule has 1 rings (SSSR count). The average molecular weight is 286 g/mol. The van der Waals surface area contributed by atoms with Gasteiger partial charge in [0.05, 0.1) is 16.5 Å². The lowest BCUT2D eigenvalue weighted by molar-refractivity contribution is 0.00682. The van der Waals surface area contributed by atoms with Crippen LogP contribution in [0.2, 0.25) is 4.34 Å². The second kappa shape index (κ2) is 4.99. The van der Waals surface area contributed by atoms with Gasteiger partial charge in [0.2, 0.25) is 10.0 Å². The molecule has 0 aliphatic rings. The molecule has 1 aromatic rings. The highest BCUT2D eigenvalue weighted by Crippen LogP contribution is 2.25. The van der Waals surface area contributed by atoms with Crippen LogP contribution >= 0.6 is 22.9 Å². The van der Waals surface area contributed by atoms with Crippen LogP contribution in [0.3, 0.4) is 0 Å². The van der Waals surface area contributed by atoms with Gasteiger partial charge in [-0.3, -0.25) is 0 Å². The van der Waals surface area contributed by atoms with Crippen LogP contribution < -0.4 is 4.72 Å². The Morgan fingerprint density at radius 3 is 2.62 bits per heavy atom. The number of sulfonamides is 1. The zero-order valence-corrected chi connectivity index (χ0v) is 10.9. The molecule has 16 heavy (non-hydrogen) atoms. The predicted molar refractivity (Wildman–Crippen MR) is 62.2 cm³/mol. The summed E-state index contributed by atoms with van der Waals surface area (Å²) in [5.41, 5.74) is -1.48. The Balaban J connectivity index is 2.74. The molecule has 3 N–H and O–H groups in total. The lowest BCUT2D eigenvalue weighted by atomic mass is 10.1. The van der Waals surface area contributed by atoms with Crippen molar-refractivity contribution in [3.8, 4) is 0 Å². The SMILES string of the molecule is CC(O)(CO)CNS(=O)(=O)c1ccc(Cl)s1. The Hall–Kier alpha value is -0.180. The summed E-state index contributed by atoms with van der Waals surface area (Å²) in [7, 11) is -3.67. The molecule has 0 saturated carbocycles. The molecule has 1 atom stereocenters. The molecule has 0 aliphatic carbocycles. The van der Waals surface area contributed by atoms with Gasteiger partial charge in [-0.25, -0.2) is 13.1 Å². The molecule has 1 aromatic heterocycles. The molecule has 0 amide bonds. The van der Waals surface area contributed by atoms with E-state index in [-0.39, 0.29) is 10.8 Å². The van der Waals surface area contributed by atoms with Crippen LogP contribution in [0.15, 0.2) is 16.3 Å². The third kappa shape index (κ3) is 3.69. The van der Waals surface area contributed by atoms with E-state index in [2.05, 4.69) is 4.72 Å². The van der Waals surface area contributed by atoms with Crippen molar-refractivity contribution in [1.29, 1.82) is 0 Å². The van der Waals surface area contributed by atoms with E-state index in [1.54, 1.807) is 0 Å². The van der Waals surface area contributed by atoms with E-state index in [0.717, 1.165) is 11.3 Å². The minimum absolute atomic E-state index is 0.0752. The van der Waals surface area contributed by atoms with Gasteiger partial charge in [-0.1, -0.05) is 11.6 Å². The van der Waals surface area contributed by atoms with Crippen molar-refractivity contribution in [2.75, 3.05) is 13.2 Å². The highest BCUT2D eigenvalue weighted by atomic mass is 35.5. The molecule has 0 radical (unpaired) electrons. The van der Waals surface area contributed by atoms with Crippen LogP contribution in [0.5, 0.6) is 0 Å². The van der Waals surface area contributed by atoms with Gasteiger partial charge in [0.1, 0.15) is 4.21 Å². The lowest BCUT2D eigenvalue weighted by Gasteiger charge is -2.20. The van der Waals surface area contributed by atoms with Crippen molar-refractivity contribution in [2.45, 2.75) is 16.7 Å². The van der Waals surface area contributed by atoms with Gasteiger partial charge in [0.25, 0.3) is 0 Å². The van der Waals surface area contributed by atoms with E-state index in [1.807, 2.05) is 0 Å². The van der Waals surface area contributed by atoms with Gasteiger partial charge in [-0.2, -0.15) is 0 Å². The van der Waals surface area contributed by atoms with E-state index in [0.29, 0.717) is 4.34 Å². The molecule has 1 unspecified atom stereocenters. The van der Waals surface area contributed by atoms with Crippen LogP contribution in [-0.4, -0.2) is 37.4 Å². The zero-order valence-electron chi connectivity index (χ0n) is 8.47. The highest BCUT2D eigenvalue weighted by molar-refractivity contribution is 7.91. The largest absolute Gasteiger partial charge is 0.393 e. The highest BCUT2D eigenvalue weighted by Gasteiger charge is 2.24. The molecule has 0 saturated heterocycles. The second-order valence-electron chi connectivity index (χ2n) is 3.54. The average Bonchev–Trinajstić information content (AvgIpc) is 2.63. The first-order valence-corrected chi connectivity index (χ1v) is 7.03. The summed E-state index contributed by atoms with van der Waals surface area (Å²) in [6, 6.07) is 2.86. The summed E-state index contributed by atoms with van der Waals surface area (Å²) in [6.07, 6.45) is 0. The summed E-state index contributed by atoms with van der Waals surface area (Å²) >= 11 is 6.54. The monoisotopic (exact) mass is 285 g/mol. The fourth-order valence-corrected chi connectivity index (χ4v) is 3.51. The Kier molecular flexibility index (Phi) is 4.33. The van der Waals surface area contributed by atoms with Crippen molar-refractivity contribution in [1.82, 2.24) is 4.72 Å². The van der Waals surface area contributed by atoms with E-state index in [4.69, 9.17) is 16.7 Å². The van der Waals surface area contributed by atoms with Crippen molar-refractivity contribution >= 4 is 33.0 Å². The lowest BCUT2D eigenvalue weighted by Crippen LogP contribution is -2.43. The fraction of sp³-hybridized carbons (Fsp3) is 0.500. The number of hydrogen-bond donors (Lipinski definition) is 3. The molecule has 0 spiro atoms. The molecule has 0 bridgehead atoms. The smallest absolute Gasteiger partial charge is 0.250 e. The second-order valence-corrected chi connectivity index (χ2v) is 7.25. The van der Waals surface area contributed by atoms with Crippen LogP contribution in [0.25, 0.3) is 0 Å². The van der Waals surface area contributed by atoms with Crippen molar-refractivity contribution in [2.24, 2.45) is 0 Å². The molecule has 0 aromatic carbocycles. The third-order valence-electron chi connectivity index (χ3n) is 1.80. The van der Waals surface area contributed by atoms with Gasteiger partial charge < -0.3 is 10.2 Å². The van der Waals surface area contributed by atoms with Gasteiger partial charge >= 0.3 is 0 Å². The molecular weight excluding hydrogens is 274 g/mol. The molecular formula is C8H12ClNO4S2. The summed E-state index contributed by atoms with van der Waals surface area (Å²) in [5.74, 6) is 0. The minimum Gasteiger partial charge on any atom is -0.393 e. The first-order valence-electron chi connectivity index (χ1n) is 4.35. The third-order valence-corrected chi connectivity index (χ3v) is 4.92. The van der Waals surface area contributed by atoms with Crippen LogP contribution in [0.4, 0.5) is 0 Å². The van der Waals surface area contributed by atoms with E-state index in [1.165, 1.54) is 19.1 Å². The zero-order chi connectivity index (χ0) is 12.4. The number of hydrogen-bond acceptors (Lipinski definition) is 5. The molecule has 5 nitrogen and oxygen atoms in total. The fourth-order valence-electron chi connectivity index (χ4n) is 0.820. The Morgan fingerprint density at radius 2 is 2.19 bits per heavy atom. The molecule has 0 aliphatic heterocycles. The van der Waals surface area contributed by atoms with Gasteiger partial charge in [-0.05, 0) is 19.1 Å². The van der Waals surface area contributed by atoms with E-state index < -0.39 is 22.2 Å². The van der Waals surface area contributed by atoms with Gasteiger partial charge in [-0.15, -0.1) is 11.3 Å².